The van der Waals surface area contributed by atoms with Crippen LogP contribution in [0.4, 0.5) is 18.9 Å². The van der Waals surface area contributed by atoms with Crippen molar-refractivity contribution in [2.75, 3.05) is 44.2 Å². The molecule has 3 heterocycles. The Morgan fingerprint density at radius 3 is 2.44 bits per heavy atom. The largest absolute Gasteiger partial charge is 0.421 e. The van der Waals surface area contributed by atoms with E-state index in [9.17, 15) is 31.5 Å². The van der Waals surface area contributed by atoms with Gasteiger partial charge in [0.15, 0.2) is 5.60 Å². The lowest BCUT2D eigenvalue weighted by molar-refractivity contribution is -0.258. The molecule has 3 atom stereocenters. The van der Waals surface area contributed by atoms with Gasteiger partial charge in [0.2, 0.25) is 5.91 Å². The van der Waals surface area contributed by atoms with Crippen LogP contribution in [0.15, 0.2) is 46.0 Å². The number of aliphatic hydroxyl groups is 1. The lowest BCUT2D eigenvalue weighted by Crippen LogP contribution is -2.62. The van der Waals surface area contributed by atoms with Crippen LogP contribution in [-0.4, -0.2) is 86.2 Å². The fraction of sp³-hybridized carbons (Fsp3) is 0.522. The summed E-state index contributed by atoms with van der Waals surface area (Å²) >= 11 is 1.14. The van der Waals surface area contributed by atoms with Crippen LogP contribution in [0.25, 0.3) is 0 Å². The molecule has 2 saturated heterocycles. The van der Waals surface area contributed by atoms with Crippen LogP contribution >= 0.6 is 11.3 Å². The molecule has 0 saturated carbocycles. The zero-order valence-corrected chi connectivity index (χ0v) is 21.5. The van der Waals surface area contributed by atoms with Crippen molar-refractivity contribution in [1.29, 1.82) is 0 Å². The summed E-state index contributed by atoms with van der Waals surface area (Å²) in [5, 5.41) is 14.5. The van der Waals surface area contributed by atoms with Crippen LogP contribution in [0, 0.1) is 0 Å². The van der Waals surface area contributed by atoms with Crippen LogP contribution in [0.5, 0.6) is 0 Å². The molecule has 0 radical (unpaired) electrons. The first-order valence-corrected chi connectivity index (χ1v) is 13.9. The molecule has 36 heavy (non-hydrogen) atoms. The predicted octanol–water partition coefficient (Wildman–Crippen LogP) is 2.22. The Balaban J connectivity index is 1.61. The van der Waals surface area contributed by atoms with Crippen molar-refractivity contribution in [3.8, 4) is 0 Å². The summed E-state index contributed by atoms with van der Waals surface area (Å²) < 4.78 is 67.9. The van der Waals surface area contributed by atoms with Gasteiger partial charge >= 0.3 is 6.18 Å². The number of nitrogens with zero attached hydrogens (tertiary/aromatic N) is 3. The maximum Gasteiger partial charge on any atom is 0.421 e. The Hall–Kier alpha value is -2.19. The van der Waals surface area contributed by atoms with Gasteiger partial charge < -0.3 is 15.3 Å². The molecule has 1 aromatic carbocycles. The molecule has 4 rings (SSSR count). The Bertz CT molecular complexity index is 1170. The maximum absolute atomic E-state index is 13.3. The molecule has 1 aromatic heterocycles. The summed E-state index contributed by atoms with van der Waals surface area (Å²) in [5.74, 6) is -0.106. The monoisotopic (exact) mass is 546 g/mol. The van der Waals surface area contributed by atoms with Gasteiger partial charge in [0.05, 0.1) is 12.1 Å². The van der Waals surface area contributed by atoms with Crippen LogP contribution in [-0.2, 0) is 20.4 Å². The van der Waals surface area contributed by atoms with E-state index >= 15 is 0 Å². The van der Waals surface area contributed by atoms with E-state index in [1.165, 1.54) is 28.6 Å². The number of rotatable bonds is 6. The van der Waals surface area contributed by atoms with E-state index < -0.39 is 27.8 Å². The SMILES string of the molecule is C[C@H]1C(=O)NCCN1C[C@H]1CN(S(=O)(=O)c2cccs2)CCN1c1ccc([C@](C)(O)C(F)(F)F)cc1. The maximum atomic E-state index is 13.3. The van der Waals surface area contributed by atoms with Gasteiger partial charge in [-0.2, -0.15) is 17.5 Å². The molecule has 2 aromatic rings. The summed E-state index contributed by atoms with van der Waals surface area (Å²) in [6, 6.07) is 8.00. The van der Waals surface area contributed by atoms with E-state index in [1.54, 1.807) is 24.4 Å². The smallest absolute Gasteiger partial charge is 0.376 e. The normalized spacial score (nSPS) is 24.4. The molecule has 2 aliphatic rings. The molecule has 1 amide bonds. The number of benzene rings is 1. The molecule has 198 valence electrons. The molecule has 2 fully saturated rings. The molecule has 0 bridgehead atoms. The number of carbonyl (C=O) groups is 1. The van der Waals surface area contributed by atoms with Gasteiger partial charge in [0.25, 0.3) is 10.0 Å². The molecule has 0 spiro atoms. The second-order valence-electron chi connectivity index (χ2n) is 9.22. The Morgan fingerprint density at radius 2 is 1.83 bits per heavy atom. The highest BCUT2D eigenvalue weighted by molar-refractivity contribution is 7.91. The van der Waals surface area contributed by atoms with E-state index in [0.717, 1.165) is 11.3 Å². The third-order valence-corrected chi connectivity index (χ3v) is 10.2. The van der Waals surface area contributed by atoms with E-state index in [-0.39, 0.29) is 34.8 Å². The van der Waals surface area contributed by atoms with Crippen molar-refractivity contribution in [2.24, 2.45) is 0 Å². The third-order valence-electron chi connectivity index (χ3n) is 6.92. The number of hydrogen-bond donors (Lipinski definition) is 2. The van der Waals surface area contributed by atoms with Crippen LogP contribution < -0.4 is 10.2 Å². The summed E-state index contributed by atoms with van der Waals surface area (Å²) in [6.45, 7) is 4.65. The van der Waals surface area contributed by atoms with Gasteiger partial charge in [0, 0.05) is 45.0 Å². The van der Waals surface area contributed by atoms with Crippen molar-refractivity contribution in [3.05, 3.63) is 47.3 Å². The van der Waals surface area contributed by atoms with Crippen LogP contribution in [0.1, 0.15) is 19.4 Å². The van der Waals surface area contributed by atoms with E-state index in [2.05, 4.69) is 5.32 Å². The van der Waals surface area contributed by atoms with Gasteiger partial charge in [-0.25, -0.2) is 8.42 Å². The van der Waals surface area contributed by atoms with Crippen LogP contribution in [0.3, 0.4) is 0 Å². The quantitative estimate of drug-likeness (QED) is 0.578. The van der Waals surface area contributed by atoms with Gasteiger partial charge in [-0.05, 0) is 43.0 Å². The fourth-order valence-corrected chi connectivity index (χ4v) is 7.18. The summed E-state index contributed by atoms with van der Waals surface area (Å²) in [4.78, 5) is 16.2. The molecular formula is C23H29F3N4O4S2. The first-order chi connectivity index (χ1) is 16.8. The number of nitrogens with one attached hydrogen (secondary N) is 1. The number of alkyl halides is 3. The first kappa shape index (κ1) is 26.9. The standard InChI is InChI=1S/C23H29F3N4O4S2/c1-16-21(31)27-9-10-28(16)14-19-15-29(36(33,34)20-4-3-13-35-20)11-12-30(19)18-7-5-17(6-8-18)22(2,32)23(24,25)26/h3-8,13,16,19,32H,9-12,14-15H2,1-2H3,(H,27,31)/t16-,19-,22-/m0/s1. The highest BCUT2D eigenvalue weighted by Crippen LogP contribution is 2.39. The summed E-state index contributed by atoms with van der Waals surface area (Å²) in [7, 11) is -3.70. The number of piperazine rings is 2. The molecule has 2 aliphatic heterocycles. The number of anilines is 1. The zero-order valence-electron chi connectivity index (χ0n) is 19.9. The van der Waals surface area contributed by atoms with E-state index in [1.807, 2.05) is 9.80 Å². The highest BCUT2D eigenvalue weighted by Gasteiger charge is 2.51. The minimum absolute atomic E-state index is 0.106. The first-order valence-electron chi connectivity index (χ1n) is 11.5. The molecule has 13 heteroatoms. The second-order valence-corrected chi connectivity index (χ2v) is 12.3. The van der Waals surface area contributed by atoms with Crippen molar-refractivity contribution in [2.45, 2.75) is 41.9 Å². The lowest BCUT2D eigenvalue weighted by Gasteiger charge is -2.45. The van der Waals surface area contributed by atoms with Crippen molar-refractivity contribution in [3.63, 3.8) is 0 Å². The fourth-order valence-electron chi connectivity index (χ4n) is 4.57. The van der Waals surface area contributed by atoms with Gasteiger partial charge in [-0.1, -0.05) is 18.2 Å². The Kier molecular flexibility index (Phi) is 7.41. The third kappa shape index (κ3) is 5.12. The predicted molar refractivity (Wildman–Crippen MR) is 130 cm³/mol. The highest BCUT2D eigenvalue weighted by atomic mass is 32.2. The molecule has 8 nitrogen and oxygen atoms in total. The second kappa shape index (κ2) is 9.93. The molecule has 0 unspecified atom stereocenters. The van der Waals surface area contributed by atoms with Crippen molar-refractivity contribution >= 4 is 33.0 Å². The number of carbonyl (C=O) groups excluding carboxylic acids is 1. The van der Waals surface area contributed by atoms with E-state index in [4.69, 9.17) is 0 Å². The Morgan fingerprint density at radius 1 is 1.14 bits per heavy atom. The van der Waals surface area contributed by atoms with E-state index in [0.29, 0.717) is 38.8 Å². The average molecular weight is 547 g/mol. The summed E-state index contributed by atoms with van der Waals surface area (Å²) in [6.07, 6.45) is -4.83. The minimum atomic E-state index is -4.83. The molecule has 2 N–H and O–H groups in total. The minimum Gasteiger partial charge on any atom is -0.376 e. The molecule has 0 aliphatic carbocycles. The average Bonchev–Trinajstić information content (AvgIpc) is 3.37. The topological polar surface area (TPSA) is 93.2 Å². The van der Waals surface area contributed by atoms with Gasteiger partial charge in [0.1, 0.15) is 4.21 Å². The molecular weight excluding hydrogens is 517 g/mol. The van der Waals surface area contributed by atoms with Crippen molar-refractivity contribution in [1.82, 2.24) is 14.5 Å². The number of sulfonamides is 1. The van der Waals surface area contributed by atoms with Gasteiger partial charge in [-0.15, -0.1) is 11.3 Å². The number of hydrogen-bond acceptors (Lipinski definition) is 7. The number of thiophene rings is 1. The van der Waals surface area contributed by atoms with Crippen molar-refractivity contribution < 1.29 is 31.5 Å². The lowest BCUT2D eigenvalue weighted by atomic mass is 9.95. The van der Waals surface area contributed by atoms with Crippen LogP contribution in [0.2, 0.25) is 0 Å². The van der Waals surface area contributed by atoms with Gasteiger partial charge in [-0.3, -0.25) is 9.69 Å². The Labute approximate surface area is 212 Å². The summed E-state index contributed by atoms with van der Waals surface area (Å²) in [5.41, 5.74) is -2.66. The zero-order chi connectivity index (χ0) is 26.3. The number of halogens is 3. The number of amides is 1.